The van der Waals surface area contributed by atoms with Crippen molar-refractivity contribution in [3.05, 3.63) is 0 Å². The highest BCUT2D eigenvalue weighted by Crippen LogP contribution is 2.87. The van der Waals surface area contributed by atoms with Crippen LogP contribution in [0.5, 0.6) is 0 Å². The van der Waals surface area contributed by atoms with Crippen molar-refractivity contribution < 1.29 is 0 Å². The van der Waals surface area contributed by atoms with E-state index in [2.05, 4.69) is 27.7 Å². The standard InChI is InChI=1S/C12H20/c1-6-5-7(2)9(6)11-10-8(3)12(10,11)4/h6-11H,5H2,1-4H3. The fraction of sp³-hybridized carbons (Fsp3) is 1.00. The molecule has 0 N–H and O–H groups in total. The lowest BCUT2D eigenvalue weighted by Crippen LogP contribution is -2.38. The highest BCUT2D eigenvalue weighted by atomic mass is 14.9. The first-order valence-corrected chi connectivity index (χ1v) is 5.58. The summed E-state index contributed by atoms with van der Waals surface area (Å²) in [6.45, 7) is 9.87. The van der Waals surface area contributed by atoms with Crippen LogP contribution in [0.1, 0.15) is 34.1 Å². The summed E-state index contributed by atoms with van der Waals surface area (Å²) in [5.41, 5.74) is 0.827. The first-order valence-electron chi connectivity index (χ1n) is 5.58. The first kappa shape index (κ1) is 7.41. The second-order valence-corrected chi connectivity index (χ2v) is 5.97. The monoisotopic (exact) mass is 164 g/mol. The zero-order chi connectivity index (χ0) is 8.67. The molecule has 3 aliphatic carbocycles. The zero-order valence-corrected chi connectivity index (χ0v) is 8.67. The average molecular weight is 164 g/mol. The fourth-order valence-electron chi connectivity index (χ4n) is 4.52. The molecule has 0 radical (unpaired) electrons. The molecule has 0 bridgehead atoms. The van der Waals surface area contributed by atoms with Gasteiger partial charge in [-0.1, -0.05) is 27.7 Å². The molecule has 3 rings (SSSR count). The van der Waals surface area contributed by atoms with Gasteiger partial charge in [0.2, 0.25) is 0 Å². The summed E-state index contributed by atoms with van der Waals surface area (Å²) in [7, 11) is 0. The molecule has 0 aromatic carbocycles. The van der Waals surface area contributed by atoms with Crippen molar-refractivity contribution in [2.75, 3.05) is 0 Å². The summed E-state index contributed by atoms with van der Waals surface area (Å²) in [4.78, 5) is 0. The van der Waals surface area contributed by atoms with Crippen molar-refractivity contribution in [1.82, 2.24) is 0 Å². The third kappa shape index (κ3) is 0.561. The molecule has 0 spiro atoms. The van der Waals surface area contributed by atoms with Gasteiger partial charge in [-0.15, -0.1) is 0 Å². The lowest BCUT2D eigenvalue weighted by molar-refractivity contribution is 0.0432. The van der Waals surface area contributed by atoms with Gasteiger partial charge in [-0.05, 0) is 47.3 Å². The molecule has 0 aromatic rings. The highest BCUT2D eigenvalue weighted by Gasteiger charge is 2.83. The SMILES string of the molecule is CC1CC(C)C1C1C2C(C)C12C. The maximum Gasteiger partial charge on any atom is -0.0229 e. The van der Waals surface area contributed by atoms with Gasteiger partial charge in [-0.2, -0.15) is 0 Å². The third-order valence-electron chi connectivity index (χ3n) is 5.60. The first-order chi connectivity index (χ1) is 5.58. The molecule has 0 nitrogen and oxygen atoms in total. The van der Waals surface area contributed by atoms with Gasteiger partial charge in [0, 0.05) is 0 Å². The minimum atomic E-state index is 0.827. The fourth-order valence-corrected chi connectivity index (χ4v) is 4.52. The Morgan fingerprint density at radius 1 is 1.00 bits per heavy atom. The average Bonchev–Trinajstić information content (AvgIpc) is 2.76. The molecule has 6 atom stereocenters. The second-order valence-electron chi connectivity index (χ2n) is 5.97. The van der Waals surface area contributed by atoms with E-state index in [1.165, 1.54) is 6.42 Å². The zero-order valence-electron chi connectivity index (χ0n) is 8.67. The van der Waals surface area contributed by atoms with E-state index >= 15 is 0 Å². The van der Waals surface area contributed by atoms with Gasteiger partial charge in [0.15, 0.2) is 0 Å². The highest BCUT2D eigenvalue weighted by molar-refractivity contribution is 5.30. The van der Waals surface area contributed by atoms with Crippen molar-refractivity contribution in [3.63, 3.8) is 0 Å². The molecule has 6 unspecified atom stereocenters. The van der Waals surface area contributed by atoms with Crippen LogP contribution in [0.3, 0.4) is 0 Å². The van der Waals surface area contributed by atoms with Gasteiger partial charge < -0.3 is 0 Å². The molecule has 0 aromatic heterocycles. The predicted molar refractivity (Wildman–Crippen MR) is 50.7 cm³/mol. The van der Waals surface area contributed by atoms with Crippen molar-refractivity contribution in [2.45, 2.75) is 34.1 Å². The second kappa shape index (κ2) is 1.76. The van der Waals surface area contributed by atoms with E-state index in [4.69, 9.17) is 0 Å². The van der Waals surface area contributed by atoms with E-state index in [0.717, 1.165) is 40.9 Å². The number of hydrogen-bond acceptors (Lipinski definition) is 0. The lowest BCUT2D eigenvalue weighted by Gasteiger charge is -2.44. The summed E-state index contributed by atoms with van der Waals surface area (Å²) in [6, 6.07) is 0. The Labute approximate surface area is 75.7 Å². The minimum Gasteiger partial charge on any atom is -0.0622 e. The smallest absolute Gasteiger partial charge is 0.0229 e. The molecule has 68 valence electrons. The van der Waals surface area contributed by atoms with Crippen molar-refractivity contribution >= 4 is 0 Å². The molecule has 3 fully saturated rings. The molecule has 0 saturated heterocycles. The van der Waals surface area contributed by atoms with E-state index in [1.54, 1.807) is 0 Å². The molecular weight excluding hydrogens is 144 g/mol. The number of rotatable bonds is 1. The van der Waals surface area contributed by atoms with Gasteiger partial charge in [0.25, 0.3) is 0 Å². The van der Waals surface area contributed by atoms with Crippen molar-refractivity contribution in [2.24, 2.45) is 40.9 Å². The summed E-state index contributed by atoms with van der Waals surface area (Å²) >= 11 is 0. The van der Waals surface area contributed by atoms with Gasteiger partial charge in [0.05, 0.1) is 0 Å². The minimum absolute atomic E-state index is 0.827. The van der Waals surface area contributed by atoms with Crippen LogP contribution in [0, 0.1) is 40.9 Å². The lowest BCUT2D eigenvalue weighted by atomic mass is 9.61. The Balaban J connectivity index is 1.71. The van der Waals surface area contributed by atoms with Crippen molar-refractivity contribution in [1.29, 1.82) is 0 Å². The van der Waals surface area contributed by atoms with Crippen LogP contribution >= 0.6 is 0 Å². The van der Waals surface area contributed by atoms with E-state index < -0.39 is 0 Å². The Morgan fingerprint density at radius 2 is 1.50 bits per heavy atom. The van der Waals surface area contributed by atoms with Crippen molar-refractivity contribution in [3.8, 4) is 0 Å². The quantitative estimate of drug-likeness (QED) is 0.558. The molecule has 0 heterocycles. The van der Waals surface area contributed by atoms with Gasteiger partial charge >= 0.3 is 0 Å². The summed E-state index contributed by atoms with van der Waals surface area (Å²) in [5, 5.41) is 0. The molecule has 0 aliphatic heterocycles. The van der Waals surface area contributed by atoms with E-state index in [0.29, 0.717) is 0 Å². The molecule has 3 saturated carbocycles. The Kier molecular flexibility index (Phi) is 1.09. The van der Waals surface area contributed by atoms with Crippen LogP contribution < -0.4 is 0 Å². The van der Waals surface area contributed by atoms with Crippen LogP contribution in [-0.2, 0) is 0 Å². The molecule has 0 heteroatoms. The van der Waals surface area contributed by atoms with E-state index in [1.807, 2.05) is 0 Å². The maximum atomic E-state index is 2.52. The van der Waals surface area contributed by atoms with Crippen LogP contribution in [0.25, 0.3) is 0 Å². The van der Waals surface area contributed by atoms with E-state index in [-0.39, 0.29) is 0 Å². The Hall–Kier alpha value is 0. The van der Waals surface area contributed by atoms with Gasteiger partial charge in [0.1, 0.15) is 0 Å². The largest absolute Gasteiger partial charge is 0.0622 e. The summed E-state index contributed by atoms with van der Waals surface area (Å²) < 4.78 is 0. The molecule has 12 heavy (non-hydrogen) atoms. The maximum absolute atomic E-state index is 2.52. The van der Waals surface area contributed by atoms with Crippen LogP contribution in [0.2, 0.25) is 0 Å². The Morgan fingerprint density at radius 3 is 1.83 bits per heavy atom. The third-order valence-corrected chi connectivity index (χ3v) is 5.60. The summed E-state index contributed by atoms with van der Waals surface area (Å²) in [6.07, 6.45) is 1.50. The molecule has 0 amide bonds. The Bertz CT molecular complexity index is 224. The van der Waals surface area contributed by atoms with Crippen LogP contribution in [-0.4, -0.2) is 0 Å². The topological polar surface area (TPSA) is 0 Å². The predicted octanol–water partition coefficient (Wildman–Crippen LogP) is 3.18. The number of fused-ring (bicyclic) bond motifs is 1. The van der Waals surface area contributed by atoms with Gasteiger partial charge in [-0.3, -0.25) is 0 Å². The normalized spacial score (nSPS) is 73.0. The van der Waals surface area contributed by atoms with Crippen LogP contribution in [0.15, 0.2) is 0 Å². The summed E-state index contributed by atoms with van der Waals surface area (Å²) in [5.74, 6) is 6.56. The number of hydrogen-bond donors (Lipinski definition) is 0. The van der Waals surface area contributed by atoms with E-state index in [9.17, 15) is 0 Å². The van der Waals surface area contributed by atoms with Gasteiger partial charge in [-0.25, -0.2) is 0 Å². The van der Waals surface area contributed by atoms with Crippen LogP contribution in [0.4, 0.5) is 0 Å². The molecule has 3 aliphatic rings. The molecular formula is C12H20.